The van der Waals surface area contributed by atoms with Gasteiger partial charge in [0.05, 0.1) is 19.3 Å². The van der Waals surface area contributed by atoms with Gasteiger partial charge in [0.25, 0.3) is 0 Å². The highest BCUT2D eigenvalue weighted by Gasteiger charge is 2.51. The van der Waals surface area contributed by atoms with Gasteiger partial charge in [-0.1, -0.05) is 27.7 Å². The number of amides is 1. The molecule has 0 radical (unpaired) electrons. The van der Waals surface area contributed by atoms with Crippen LogP contribution in [0.25, 0.3) is 0 Å². The van der Waals surface area contributed by atoms with Crippen LogP contribution >= 0.6 is 0 Å². The Morgan fingerprint density at radius 3 is 2.00 bits per heavy atom. The molecular formula is C18H35NO6Si. The zero-order valence-electron chi connectivity index (χ0n) is 17.2. The molecule has 1 amide bonds. The van der Waals surface area contributed by atoms with E-state index in [1.54, 1.807) is 20.8 Å². The molecule has 0 aliphatic carbocycles. The van der Waals surface area contributed by atoms with E-state index in [1.165, 1.54) is 0 Å². The molecule has 0 spiro atoms. The Hall–Kier alpha value is -1.12. The second kappa shape index (κ2) is 8.71. The van der Waals surface area contributed by atoms with Crippen LogP contribution < -0.4 is 5.32 Å². The highest BCUT2D eigenvalue weighted by molar-refractivity contribution is 6.73. The van der Waals surface area contributed by atoms with Crippen molar-refractivity contribution in [2.45, 2.75) is 84.3 Å². The van der Waals surface area contributed by atoms with Gasteiger partial charge in [0.15, 0.2) is 14.4 Å². The van der Waals surface area contributed by atoms with Crippen LogP contribution in [0.5, 0.6) is 0 Å². The topological polar surface area (TPSA) is 94.1 Å². The zero-order valence-corrected chi connectivity index (χ0v) is 18.2. The molecule has 2 N–H and O–H groups in total. The molecule has 0 aromatic carbocycles. The maximum Gasteiger partial charge on any atom is 0.407 e. The number of carbonyl (C=O) groups excluding carboxylic acids is 1. The summed E-state index contributed by atoms with van der Waals surface area (Å²) in [6, 6.07) is 1.77. The highest BCUT2D eigenvalue weighted by Crippen LogP contribution is 2.36. The molecule has 26 heavy (non-hydrogen) atoms. The van der Waals surface area contributed by atoms with Crippen LogP contribution in [0.1, 0.15) is 48.5 Å². The van der Waals surface area contributed by atoms with Gasteiger partial charge in [-0.15, -0.1) is 0 Å². The second-order valence-corrected chi connectivity index (χ2v) is 13.1. The number of carboxylic acids is 1. The lowest BCUT2D eigenvalue weighted by molar-refractivity contribution is -0.163. The Kier molecular flexibility index (Phi) is 7.68. The summed E-state index contributed by atoms with van der Waals surface area (Å²) in [4.78, 5) is 24.4. The van der Waals surface area contributed by atoms with Gasteiger partial charge < -0.3 is 24.3 Å². The number of ether oxygens (including phenoxy) is 2. The van der Waals surface area contributed by atoms with Crippen molar-refractivity contribution in [3.63, 3.8) is 0 Å². The lowest BCUT2D eigenvalue weighted by Crippen LogP contribution is -2.65. The average molecular weight is 390 g/mol. The zero-order chi connectivity index (χ0) is 20.2. The summed E-state index contributed by atoms with van der Waals surface area (Å²) in [5.74, 6) is -1.06. The minimum absolute atomic E-state index is 0.375. The summed E-state index contributed by atoms with van der Waals surface area (Å²) in [6.45, 7) is 14.1. The molecule has 0 saturated carbocycles. The molecule has 8 heteroatoms. The number of hydrogen-bond donors (Lipinski definition) is 2. The predicted octanol–water partition coefficient (Wildman–Crippen LogP) is 3.39. The molecule has 1 fully saturated rings. The molecule has 0 bridgehead atoms. The summed E-state index contributed by atoms with van der Waals surface area (Å²) in [5.41, 5.74) is -1.17. The summed E-state index contributed by atoms with van der Waals surface area (Å²) >= 11 is 0. The van der Waals surface area contributed by atoms with Crippen LogP contribution in [0.15, 0.2) is 0 Å². The van der Waals surface area contributed by atoms with E-state index in [0.717, 1.165) is 18.1 Å². The Morgan fingerprint density at radius 1 is 1.19 bits per heavy atom. The third-order valence-electron chi connectivity index (χ3n) is 5.14. The van der Waals surface area contributed by atoms with Crippen molar-refractivity contribution in [3.05, 3.63) is 0 Å². The number of carbonyl (C=O) groups is 2. The summed E-state index contributed by atoms with van der Waals surface area (Å²) in [7, 11) is -2.19. The molecule has 1 rings (SSSR count). The summed E-state index contributed by atoms with van der Waals surface area (Å²) in [5, 5.41) is 12.7. The first kappa shape index (κ1) is 22.9. The monoisotopic (exact) mass is 389 g/mol. The van der Waals surface area contributed by atoms with Gasteiger partial charge in [-0.3, -0.25) is 0 Å². The van der Waals surface area contributed by atoms with Gasteiger partial charge in [-0.25, -0.2) is 9.59 Å². The first-order chi connectivity index (χ1) is 11.9. The number of alkyl carbamates (subject to hydrolysis) is 1. The van der Waals surface area contributed by atoms with E-state index in [1.807, 2.05) is 27.7 Å². The van der Waals surface area contributed by atoms with Crippen LogP contribution in [0.2, 0.25) is 18.1 Å². The lowest BCUT2D eigenvalue weighted by Gasteiger charge is -2.47. The Labute approximate surface area is 157 Å². The number of hydrogen-bond acceptors (Lipinski definition) is 5. The van der Waals surface area contributed by atoms with Gasteiger partial charge in [0, 0.05) is 5.41 Å². The van der Waals surface area contributed by atoms with Gasteiger partial charge in [-0.2, -0.15) is 0 Å². The van der Waals surface area contributed by atoms with Gasteiger partial charge in [0.2, 0.25) is 0 Å². The number of nitrogens with one attached hydrogen (secondary N) is 1. The van der Waals surface area contributed by atoms with Gasteiger partial charge >= 0.3 is 12.1 Å². The van der Waals surface area contributed by atoms with E-state index in [0.29, 0.717) is 13.2 Å². The largest absolute Gasteiger partial charge is 0.479 e. The first-order valence-electron chi connectivity index (χ1n) is 9.40. The van der Waals surface area contributed by atoms with Crippen molar-refractivity contribution in [2.24, 2.45) is 5.41 Å². The van der Waals surface area contributed by atoms with Crippen molar-refractivity contribution in [2.75, 3.05) is 13.2 Å². The van der Waals surface area contributed by atoms with Crippen molar-refractivity contribution in [1.29, 1.82) is 0 Å². The molecule has 1 aliphatic rings. The van der Waals surface area contributed by atoms with Gasteiger partial charge in [-0.05, 0) is 38.9 Å². The molecule has 1 aliphatic heterocycles. The Balaban J connectivity index is 3.11. The van der Waals surface area contributed by atoms with Crippen molar-refractivity contribution < 1.29 is 28.6 Å². The second-order valence-electron chi connectivity index (χ2n) is 8.39. The van der Waals surface area contributed by atoms with Crippen LogP contribution in [0, 0.1) is 5.41 Å². The van der Waals surface area contributed by atoms with E-state index in [4.69, 9.17) is 13.9 Å². The quantitative estimate of drug-likeness (QED) is 0.587. The Morgan fingerprint density at radius 2 is 1.69 bits per heavy atom. The minimum Gasteiger partial charge on any atom is -0.479 e. The predicted molar refractivity (Wildman–Crippen MR) is 102 cm³/mol. The van der Waals surface area contributed by atoms with Crippen LogP contribution in [-0.4, -0.2) is 56.4 Å². The van der Waals surface area contributed by atoms with E-state index < -0.39 is 43.5 Å². The van der Waals surface area contributed by atoms with Crippen LogP contribution in [-0.2, 0) is 18.7 Å². The van der Waals surface area contributed by atoms with E-state index in [-0.39, 0.29) is 0 Å². The fourth-order valence-electron chi connectivity index (χ4n) is 3.18. The molecule has 1 heterocycles. The molecule has 0 unspecified atom stereocenters. The average Bonchev–Trinajstić information content (AvgIpc) is 2.51. The number of rotatable bonds is 9. The first-order valence-corrected chi connectivity index (χ1v) is 11.9. The van der Waals surface area contributed by atoms with Crippen molar-refractivity contribution >= 4 is 20.4 Å². The van der Waals surface area contributed by atoms with Crippen molar-refractivity contribution in [1.82, 2.24) is 5.32 Å². The van der Waals surface area contributed by atoms with Crippen LogP contribution in [0.4, 0.5) is 4.79 Å². The van der Waals surface area contributed by atoms with E-state index in [2.05, 4.69) is 5.32 Å². The normalized spacial score (nSPS) is 19.2. The van der Waals surface area contributed by atoms with Gasteiger partial charge in [0.1, 0.15) is 5.60 Å². The standard InChI is InChI=1S/C18H35NO6Si/c1-8-26(9-2,10-3)25-13(15(20)21)14(18(7)11-23-12-18)19-16(22)24-17(4,5)6/h13-14H,8-12H2,1-7H3,(H,19,22)(H,20,21)/t13-,14-/m1/s1. The number of aliphatic carboxylic acids is 1. The maximum atomic E-state index is 12.3. The summed E-state index contributed by atoms with van der Waals surface area (Å²) in [6.07, 6.45) is -1.76. The third kappa shape index (κ3) is 5.69. The van der Waals surface area contributed by atoms with Crippen LogP contribution in [0.3, 0.4) is 0 Å². The SMILES string of the molecule is CC[Si](CC)(CC)O[C@@H](C(=O)O)[C@@H](NC(=O)OC(C)(C)C)C1(C)COC1. The molecular weight excluding hydrogens is 354 g/mol. The fraction of sp³-hybridized carbons (Fsp3) is 0.889. The smallest absolute Gasteiger partial charge is 0.407 e. The lowest BCUT2D eigenvalue weighted by atomic mass is 9.77. The van der Waals surface area contributed by atoms with Crippen molar-refractivity contribution in [3.8, 4) is 0 Å². The Bertz CT molecular complexity index is 488. The third-order valence-corrected chi connectivity index (χ3v) is 9.76. The minimum atomic E-state index is -2.19. The molecule has 1 saturated heterocycles. The number of carboxylic acid groups (broad SMARTS) is 1. The highest BCUT2D eigenvalue weighted by atomic mass is 28.4. The summed E-state index contributed by atoms with van der Waals surface area (Å²) < 4.78 is 16.9. The van der Waals surface area contributed by atoms with E-state index in [9.17, 15) is 14.7 Å². The van der Waals surface area contributed by atoms with E-state index >= 15 is 0 Å². The molecule has 2 atom stereocenters. The molecule has 0 aromatic heterocycles. The maximum absolute atomic E-state index is 12.3. The fourth-order valence-corrected chi connectivity index (χ4v) is 5.96. The molecule has 152 valence electrons. The molecule has 0 aromatic rings. The molecule has 7 nitrogen and oxygen atoms in total.